The van der Waals surface area contributed by atoms with Crippen molar-refractivity contribution < 1.29 is 27.5 Å². The molecule has 1 aliphatic carbocycles. The van der Waals surface area contributed by atoms with E-state index in [9.17, 15) is 18.0 Å². The van der Waals surface area contributed by atoms with Gasteiger partial charge in [0.1, 0.15) is 6.04 Å². The summed E-state index contributed by atoms with van der Waals surface area (Å²) in [7, 11) is -3.68. The molecule has 1 fully saturated rings. The number of fused-ring (bicyclic) bond motifs is 1. The fourth-order valence-corrected chi connectivity index (χ4v) is 7.29. The summed E-state index contributed by atoms with van der Waals surface area (Å²) in [5.41, 5.74) is 1.85. The predicted molar refractivity (Wildman–Crippen MR) is 175 cm³/mol. The van der Waals surface area contributed by atoms with E-state index in [2.05, 4.69) is 5.32 Å². The molecule has 1 saturated carbocycles. The van der Waals surface area contributed by atoms with Crippen LogP contribution in [0.15, 0.2) is 66.7 Å². The third-order valence-corrected chi connectivity index (χ3v) is 10.1. The fourth-order valence-electron chi connectivity index (χ4n) is 5.82. The number of benzene rings is 3. The van der Waals surface area contributed by atoms with Gasteiger partial charge in [-0.25, -0.2) is 8.42 Å². The molecule has 3 aromatic rings. The Kier molecular flexibility index (Phi) is 10.8. The Morgan fingerprint density at radius 1 is 0.956 bits per heavy atom. The van der Waals surface area contributed by atoms with Crippen molar-refractivity contribution >= 4 is 50.7 Å². The van der Waals surface area contributed by atoms with Gasteiger partial charge in [-0.1, -0.05) is 72.4 Å². The standard InChI is InChI=1S/C33H37Cl2N3O6S/c1-45(41,42)38(25-16-17-30-31(20-25)44-22-43-30)18-8-15-32(39)37(21-26-27(34)13-7-14-28(26)35)29(19-23-9-3-2-4-10-23)33(40)36-24-11-5-6-12-24/h2-4,7,9-10,13-14,16-17,20,24,29H,5-6,8,11-12,15,18-19,21-22H2,1H3,(H,36,40)/t29-/m1/s1. The Hall–Kier alpha value is -3.47. The topological polar surface area (TPSA) is 105 Å². The average molecular weight is 675 g/mol. The van der Waals surface area contributed by atoms with Crippen molar-refractivity contribution in [2.75, 3.05) is 23.9 Å². The third-order valence-electron chi connectivity index (χ3n) is 8.16. The second kappa shape index (κ2) is 14.7. The van der Waals surface area contributed by atoms with Crippen LogP contribution in [0.3, 0.4) is 0 Å². The molecule has 2 amide bonds. The maximum Gasteiger partial charge on any atom is 0.243 e. The smallest absolute Gasteiger partial charge is 0.243 e. The van der Waals surface area contributed by atoms with E-state index in [1.54, 1.807) is 36.4 Å². The first kappa shape index (κ1) is 32.9. The van der Waals surface area contributed by atoms with Gasteiger partial charge in [-0.2, -0.15) is 0 Å². The number of hydrogen-bond donors (Lipinski definition) is 1. The molecule has 1 N–H and O–H groups in total. The van der Waals surface area contributed by atoms with Gasteiger partial charge >= 0.3 is 0 Å². The molecular weight excluding hydrogens is 637 g/mol. The number of nitrogens with one attached hydrogen (secondary N) is 1. The van der Waals surface area contributed by atoms with E-state index < -0.39 is 16.1 Å². The normalized spacial score (nSPS) is 15.1. The first-order valence-electron chi connectivity index (χ1n) is 15.0. The molecule has 5 rings (SSSR count). The lowest BCUT2D eigenvalue weighted by atomic mass is 10.0. The van der Waals surface area contributed by atoms with Gasteiger partial charge in [0.15, 0.2) is 11.5 Å². The van der Waals surface area contributed by atoms with Crippen LogP contribution in [-0.4, -0.2) is 56.8 Å². The first-order valence-corrected chi connectivity index (χ1v) is 17.6. The Morgan fingerprint density at radius 2 is 1.64 bits per heavy atom. The zero-order valence-corrected chi connectivity index (χ0v) is 27.4. The van der Waals surface area contributed by atoms with Crippen molar-refractivity contribution in [1.82, 2.24) is 10.2 Å². The van der Waals surface area contributed by atoms with E-state index in [1.807, 2.05) is 30.3 Å². The van der Waals surface area contributed by atoms with Crippen molar-refractivity contribution in [2.24, 2.45) is 0 Å². The number of amides is 2. The van der Waals surface area contributed by atoms with E-state index in [0.29, 0.717) is 39.2 Å². The molecule has 0 saturated heterocycles. The highest BCUT2D eigenvalue weighted by Crippen LogP contribution is 2.36. The highest BCUT2D eigenvalue weighted by Gasteiger charge is 2.33. The van der Waals surface area contributed by atoms with E-state index >= 15 is 0 Å². The number of rotatable bonds is 13. The number of nitrogens with zero attached hydrogens (tertiary/aromatic N) is 2. The van der Waals surface area contributed by atoms with E-state index in [1.165, 1.54) is 9.21 Å². The molecule has 0 aromatic heterocycles. The van der Waals surface area contributed by atoms with Crippen LogP contribution >= 0.6 is 23.2 Å². The minimum atomic E-state index is -3.68. The van der Waals surface area contributed by atoms with Gasteiger partial charge in [0.05, 0.1) is 11.9 Å². The molecule has 0 radical (unpaired) electrons. The first-order chi connectivity index (χ1) is 21.6. The predicted octanol–water partition coefficient (Wildman–Crippen LogP) is 5.97. The minimum absolute atomic E-state index is 0.0133. The Labute approximate surface area is 274 Å². The molecule has 1 atom stereocenters. The highest BCUT2D eigenvalue weighted by molar-refractivity contribution is 7.92. The molecule has 0 unspecified atom stereocenters. The van der Waals surface area contributed by atoms with Gasteiger partial charge in [-0.15, -0.1) is 0 Å². The fraction of sp³-hybridized carbons (Fsp3) is 0.394. The van der Waals surface area contributed by atoms with Crippen molar-refractivity contribution in [1.29, 1.82) is 0 Å². The summed E-state index contributed by atoms with van der Waals surface area (Å²) in [5, 5.41) is 3.96. The van der Waals surface area contributed by atoms with Gasteiger partial charge in [0, 0.05) is 53.6 Å². The highest BCUT2D eigenvalue weighted by atomic mass is 35.5. The Balaban J connectivity index is 1.40. The van der Waals surface area contributed by atoms with Crippen molar-refractivity contribution in [3.63, 3.8) is 0 Å². The molecule has 1 heterocycles. The van der Waals surface area contributed by atoms with Crippen LogP contribution in [0.25, 0.3) is 0 Å². The van der Waals surface area contributed by atoms with Gasteiger partial charge in [-0.3, -0.25) is 13.9 Å². The minimum Gasteiger partial charge on any atom is -0.454 e. The largest absolute Gasteiger partial charge is 0.454 e. The summed E-state index contributed by atoms with van der Waals surface area (Å²) >= 11 is 13.1. The summed E-state index contributed by atoms with van der Waals surface area (Å²) in [6, 6.07) is 18.8. The van der Waals surface area contributed by atoms with Crippen LogP contribution in [0, 0.1) is 0 Å². The monoisotopic (exact) mass is 673 g/mol. The van der Waals surface area contributed by atoms with E-state index in [4.69, 9.17) is 32.7 Å². The molecule has 45 heavy (non-hydrogen) atoms. The number of carbonyl (C=O) groups excluding carboxylic acids is 2. The Morgan fingerprint density at radius 3 is 2.33 bits per heavy atom. The second-order valence-corrected chi connectivity index (χ2v) is 14.1. The maximum absolute atomic E-state index is 14.1. The molecule has 3 aromatic carbocycles. The van der Waals surface area contributed by atoms with Crippen molar-refractivity contribution in [3.8, 4) is 11.5 Å². The average Bonchev–Trinajstić information content (AvgIpc) is 3.70. The zero-order chi connectivity index (χ0) is 32.0. The molecule has 0 bridgehead atoms. The van der Waals surface area contributed by atoms with Gasteiger partial charge in [0.25, 0.3) is 0 Å². The molecular formula is C33H37Cl2N3O6S. The number of anilines is 1. The summed E-state index contributed by atoms with van der Waals surface area (Å²) < 4.78 is 37.6. The van der Waals surface area contributed by atoms with Crippen LogP contribution in [0.4, 0.5) is 5.69 Å². The molecule has 2 aliphatic rings. The Bertz CT molecular complexity index is 1600. The maximum atomic E-state index is 14.1. The number of sulfonamides is 1. The number of ether oxygens (including phenoxy) is 2. The quantitative estimate of drug-likeness (QED) is 0.240. The van der Waals surface area contributed by atoms with Crippen LogP contribution in [0.1, 0.15) is 49.7 Å². The number of hydrogen-bond acceptors (Lipinski definition) is 6. The van der Waals surface area contributed by atoms with Crippen LogP contribution in [-0.2, 0) is 32.6 Å². The zero-order valence-electron chi connectivity index (χ0n) is 25.1. The van der Waals surface area contributed by atoms with Crippen molar-refractivity contribution in [2.45, 2.75) is 63.6 Å². The SMILES string of the molecule is CS(=O)(=O)N(CCCC(=O)N(Cc1c(Cl)cccc1Cl)[C@H](Cc1ccccc1)C(=O)NC1CCCC1)c1ccc2c(c1)OCO2. The third kappa shape index (κ3) is 8.42. The summed E-state index contributed by atoms with van der Waals surface area (Å²) in [4.78, 5) is 29.6. The summed E-state index contributed by atoms with van der Waals surface area (Å²) in [6.07, 6.45) is 5.49. The van der Waals surface area contributed by atoms with E-state index in [-0.39, 0.29) is 50.6 Å². The molecule has 1 aliphatic heterocycles. The van der Waals surface area contributed by atoms with Crippen LogP contribution < -0.4 is 19.1 Å². The van der Waals surface area contributed by atoms with Crippen LogP contribution in [0.5, 0.6) is 11.5 Å². The number of carbonyl (C=O) groups is 2. The summed E-state index contributed by atoms with van der Waals surface area (Å²) in [5.74, 6) is 0.446. The number of halogens is 2. The lowest BCUT2D eigenvalue weighted by molar-refractivity contribution is -0.141. The molecule has 0 spiro atoms. The van der Waals surface area contributed by atoms with Gasteiger partial charge in [-0.05, 0) is 49.1 Å². The molecule has 12 heteroatoms. The molecule has 240 valence electrons. The lowest BCUT2D eigenvalue weighted by Gasteiger charge is -2.33. The second-order valence-electron chi connectivity index (χ2n) is 11.4. The van der Waals surface area contributed by atoms with Crippen LogP contribution in [0.2, 0.25) is 10.0 Å². The van der Waals surface area contributed by atoms with Crippen molar-refractivity contribution in [3.05, 3.63) is 87.9 Å². The van der Waals surface area contributed by atoms with Gasteiger partial charge < -0.3 is 19.7 Å². The van der Waals surface area contributed by atoms with Gasteiger partial charge in [0.2, 0.25) is 28.6 Å². The lowest BCUT2D eigenvalue weighted by Crippen LogP contribution is -2.52. The van der Waals surface area contributed by atoms with E-state index in [0.717, 1.165) is 37.5 Å². The molecule has 9 nitrogen and oxygen atoms in total. The summed E-state index contributed by atoms with van der Waals surface area (Å²) in [6.45, 7) is 0.128.